The molecule has 0 bridgehead atoms. The molecule has 0 saturated heterocycles. The molecule has 3 aromatic rings. The number of nitrogens with one attached hydrogen (secondary N) is 1. The van der Waals surface area contributed by atoms with E-state index < -0.39 is 10.8 Å². The minimum Gasteiger partial charge on any atom is -0.321 e. The molecule has 0 aliphatic carbocycles. The van der Waals surface area contributed by atoms with E-state index in [1.807, 2.05) is 12.1 Å². The average Bonchev–Trinajstić information content (AvgIpc) is 2.73. The van der Waals surface area contributed by atoms with Crippen LogP contribution in [0.3, 0.4) is 0 Å². The minimum atomic E-state index is -1.48. The number of fused-ring (bicyclic) bond motifs is 1. The highest BCUT2D eigenvalue weighted by Gasteiger charge is 2.30. The Balaban J connectivity index is 1.67. The lowest BCUT2D eigenvalue weighted by atomic mass is 10.1. The van der Waals surface area contributed by atoms with Crippen molar-refractivity contribution >= 4 is 49.9 Å². The number of halogens is 2. The first-order chi connectivity index (χ1) is 14.4. The lowest BCUT2D eigenvalue weighted by Gasteiger charge is -2.29. The highest BCUT2D eigenvalue weighted by atomic mass is 79.9. The first kappa shape index (κ1) is 20.4. The Morgan fingerprint density at radius 1 is 1.10 bits per heavy atom. The summed E-state index contributed by atoms with van der Waals surface area (Å²) in [4.78, 5) is 27.4. The van der Waals surface area contributed by atoms with Crippen molar-refractivity contribution < 1.29 is 18.2 Å². The second-order valence-electron chi connectivity index (χ2n) is 6.71. The fourth-order valence-corrected chi connectivity index (χ4v) is 4.71. The number of amides is 2. The van der Waals surface area contributed by atoms with Gasteiger partial charge in [-0.3, -0.25) is 13.8 Å². The maximum atomic E-state index is 13.2. The van der Waals surface area contributed by atoms with E-state index in [1.54, 1.807) is 42.5 Å². The Morgan fingerprint density at radius 2 is 1.83 bits per heavy atom. The van der Waals surface area contributed by atoms with Crippen molar-refractivity contribution in [3.05, 3.63) is 88.1 Å². The summed E-state index contributed by atoms with van der Waals surface area (Å²) in [5.74, 6) is -1.16. The molecule has 30 heavy (non-hydrogen) atoms. The third kappa shape index (κ3) is 4.20. The molecule has 1 atom stereocenters. The van der Waals surface area contributed by atoms with Crippen LogP contribution < -0.4 is 10.2 Å². The van der Waals surface area contributed by atoms with Crippen LogP contribution >= 0.6 is 15.9 Å². The van der Waals surface area contributed by atoms with Gasteiger partial charge in [-0.25, -0.2) is 4.39 Å². The Hall–Kier alpha value is -2.84. The number of para-hydroxylation sites is 1. The molecule has 8 heteroatoms. The van der Waals surface area contributed by atoms with Crippen LogP contribution in [0.5, 0.6) is 0 Å². The lowest BCUT2D eigenvalue weighted by molar-refractivity contribution is -0.116. The van der Waals surface area contributed by atoms with E-state index in [2.05, 4.69) is 21.2 Å². The van der Waals surface area contributed by atoms with Crippen LogP contribution in [0.2, 0.25) is 0 Å². The van der Waals surface area contributed by atoms with E-state index in [-0.39, 0.29) is 29.9 Å². The molecule has 152 valence electrons. The van der Waals surface area contributed by atoms with Gasteiger partial charge in [-0.05, 0) is 64.0 Å². The molecule has 0 aromatic heterocycles. The molecule has 4 rings (SSSR count). The van der Waals surface area contributed by atoms with E-state index in [0.717, 1.165) is 10.0 Å². The van der Waals surface area contributed by atoms with Gasteiger partial charge in [0.2, 0.25) is 5.91 Å². The Morgan fingerprint density at radius 3 is 2.57 bits per heavy atom. The summed E-state index contributed by atoms with van der Waals surface area (Å²) >= 11 is 3.39. The van der Waals surface area contributed by atoms with Crippen LogP contribution in [0.4, 0.5) is 15.8 Å². The molecule has 0 saturated carbocycles. The van der Waals surface area contributed by atoms with Crippen molar-refractivity contribution in [2.24, 2.45) is 0 Å². The quantitative estimate of drug-likeness (QED) is 0.590. The minimum absolute atomic E-state index is 0.128. The van der Waals surface area contributed by atoms with Gasteiger partial charge in [0.1, 0.15) is 11.6 Å². The van der Waals surface area contributed by atoms with Gasteiger partial charge in [0.25, 0.3) is 5.91 Å². The zero-order chi connectivity index (χ0) is 21.3. The standard InChI is InChI=1S/C22H16BrFN2O3S/c23-17-3-1-2-4-18(17)25-22(28)15-7-10-20-19(11-15)26(21(27)13-30(20)29)12-14-5-8-16(24)9-6-14/h1-11H,12-13H2,(H,25,28). The number of carbonyl (C=O) groups is 2. The molecule has 0 spiro atoms. The van der Waals surface area contributed by atoms with E-state index in [0.29, 0.717) is 21.8 Å². The number of hydrogen-bond acceptors (Lipinski definition) is 3. The fourth-order valence-electron chi connectivity index (χ4n) is 3.17. The number of hydrogen-bond donors (Lipinski definition) is 1. The highest BCUT2D eigenvalue weighted by molar-refractivity contribution is 9.10. The molecule has 1 heterocycles. The summed E-state index contributed by atoms with van der Waals surface area (Å²) in [5, 5.41) is 2.82. The third-order valence-corrected chi connectivity index (χ3v) is 6.73. The topological polar surface area (TPSA) is 66.5 Å². The van der Waals surface area contributed by atoms with Crippen LogP contribution in [-0.4, -0.2) is 21.8 Å². The first-order valence-electron chi connectivity index (χ1n) is 9.05. The maximum Gasteiger partial charge on any atom is 0.255 e. The average molecular weight is 487 g/mol. The van der Waals surface area contributed by atoms with Gasteiger partial charge in [0.05, 0.1) is 33.6 Å². The SMILES string of the molecule is O=C(Nc1ccccc1Br)c1ccc2c(c1)N(Cc1ccc(F)cc1)C(=O)CS2=O. The summed E-state index contributed by atoms with van der Waals surface area (Å²) in [5.41, 5.74) is 2.10. The van der Waals surface area contributed by atoms with Crippen molar-refractivity contribution in [2.75, 3.05) is 16.0 Å². The summed E-state index contributed by atoms with van der Waals surface area (Å²) in [7, 11) is -1.48. The smallest absolute Gasteiger partial charge is 0.255 e. The molecule has 1 N–H and O–H groups in total. The summed E-state index contributed by atoms with van der Waals surface area (Å²) in [6, 6.07) is 17.8. The Kier molecular flexibility index (Phi) is 5.78. The number of benzene rings is 3. The molecular weight excluding hydrogens is 471 g/mol. The predicted octanol–water partition coefficient (Wildman–Crippen LogP) is 4.49. The van der Waals surface area contributed by atoms with Gasteiger partial charge in [-0.2, -0.15) is 0 Å². The Labute approximate surface area is 183 Å². The van der Waals surface area contributed by atoms with E-state index in [4.69, 9.17) is 0 Å². The molecule has 2 amide bonds. The molecule has 0 radical (unpaired) electrons. The molecule has 0 fully saturated rings. The summed E-state index contributed by atoms with van der Waals surface area (Å²) in [6.07, 6.45) is 0. The Bertz CT molecular complexity index is 1170. The van der Waals surface area contributed by atoms with Crippen molar-refractivity contribution in [1.29, 1.82) is 0 Å². The normalized spacial score (nSPS) is 15.6. The number of anilines is 2. The zero-order valence-electron chi connectivity index (χ0n) is 15.6. The molecular formula is C22H16BrFN2O3S. The van der Waals surface area contributed by atoms with E-state index in [1.165, 1.54) is 17.0 Å². The van der Waals surface area contributed by atoms with Crippen LogP contribution in [0.25, 0.3) is 0 Å². The van der Waals surface area contributed by atoms with Gasteiger partial charge in [0, 0.05) is 10.0 Å². The van der Waals surface area contributed by atoms with Crippen molar-refractivity contribution in [1.82, 2.24) is 0 Å². The molecule has 1 aliphatic heterocycles. The second kappa shape index (κ2) is 8.49. The predicted molar refractivity (Wildman–Crippen MR) is 117 cm³/mol. The maximum absolute atomic E-state index is 13.2. The molecule has 3 aromatic carbocycles. The number of nitrogens with zero attached hydrogens (tertiary/aromatic N) is 1. The monoisotopic (exact) mass is 486 g/mol. The molecule has 1 aliphatic rings. The van der Waals surface area contributed by atoms with Crippen LogP contribution in [0.15, 0.2) is 76.1 Å². The van der Waals surface area contributed by atoms with Crippen LogP contribution in [0, 0.1) is 5.82 Å². The molecule has 5 nitrogen and oxygen atoms in total. The number of rotatable bonds is 4. The van der Waals surface area contributed by atoms with Crippen LogP contribution in [0.1, 0.15) is 15.9 Å². The third-order valence-electron chi connectivity index (χ3n) is 4.69. The zero-order valence-corrected chi connectivity index (χ0v) is 18.0. The van der Waals surface area contributed by atoms with E-state index in [9.17, 15) is 18.2 Å². The molecule has 1 unspecified atom stereocenters. The van der Waals surface area contributed by atoms with Crippen molar-refractivity contribution in [3.63, 3.8) is 0 Å². The lowest BCUT2D eigenvalue weighted by Crippen LogP contribution is -2.38. The van der Waals surface area contributed by atoms with E-state index >= 15 is 0 Å². The number of carbonyl (C=O) groups excluding carboxylic acids is 2. The van der Waals surface area contributed by atoms with Gasteiger partial charge < -0.3 is 10.2 Å². The van der Waals surface area contributed by atoms with Gasteiger partial charge in [0.15, 0.2) is 0 Å². The summed E-state index contributed by atoms with van der Waals surface area (Å²) in [6.45, 7) is 0.193. The van der Waals surface area contributed by atoms with Gasteiger partial charge in [-0.1, -0.05) is 24.3 Å². The second-order valence-corrected chi connectivity index (χ2v) is 8.99. The van der Waals surface area contributed by atoms with Crippen LogP contribution in [-0.2, 0) is 22.1 Å². The highest BCUT2D eigenvalue weighted by Crippen LogP contribution is 2.32. The largest absolute Gasteiger partial charge is 0.321 e. The first-order valence-corrected chi connectivity index (χ1v) is 11.2. The van der Waals surface area contributed by atoms with Crippen molar-refractivity contribution in [3.8, 4) is 0 Å². The van der Waals surface area contributed by atoms with Gasteiger partial charge >= 0.3 is 0 Å². The van der Waals surface area contributed by atoms with Gasteiger partial charge in [-0.15, -0.1) is 0 Å². The summed E-state index contributed by atoms with van der Waals surface area (Å²) < 4.78 is 26.4. The fraction of sp³-hybridized carbons (Fsp3) is 0.0909. The van der Waals surface area contributed by atoms with Crippen molar-refractivity contribution in [2.45, 2.75) is 11.4 Å².